The molecule has 4 atom stereocenters. The number of carbonyl (C=O) groups excluding carboxylic acids is 3. The second-order valence-electron chi connectivity index (χ2n) is 11.1. The molecule has 4 unspecified atom stereocenters. The first-order chi connectivity index (χ1) is 18.8. The molecule has 204 valence electrons. The smallest absolute Gasteiger partial charge is 0.415 e. The van der Waals surface area contributed by atoms with E-state index in [4.69, 9.17) is 14.5 Å². The molecular formula is C27H34B2N4O6. The van der Waals surface area contributed by atoms with E-state index in [0.29, 0.717) is 31.8 Å². The van der Waals surface area contributed by atoms with Crippen molar-refractivity contribution in [3.8, 4) is 5.75 Å². The Bertz CT molecular complexity index is 1350. The van der Waals surface area contributed by atoms with Crippen LogP contribution in [0.1, 0.15) is 49.6 Å². The van der Waals surface area contributed by atoms with Crippen LogP contribution in [0.5, 0.6) is 5.75 Å². The number of benzene rings is 1. The molecule has 0 radical (unpaired) electrons. The molecule has 1 aromatic carbocycles. The molecule has 3 saturated heterocycles. The van der Waals surface area contributed by atoms with Crippen molar-refractivity contribution in [2.45, 2.75) is 51.3 Å². The van der Waals surface area contributed by atoms with Gasteiger partial charge in [-0.05, 0) is 48.6 Å². The van der Waals surface area contributed by atoms with Crippen molar-refractivity contribution in [2.75, 3.05) is 32.8 Å². The molecule has 3 fully saturated rings. The minimum Gasteiger partial charge on any atom is -0.463 e. The SMILES string of the molecule is BBN1CCN(C(=O)Oc2ccc3nc4c(c(CC)c3c2)CN2C(=O)C3COC(=O)C(O)(CC)C3CC42)CC1. The number of aryl methyl sites for hydroxylation is 1. The van der Waals surface area contributed by atoms with Gasteiger partial charge in [-0.15, -0.1) is 0 Å². The van der Waals surface area contributed by atoms with E-state index in [1.165, 1.54) is 0 Å². The van der Waals surface area contributed by atoms with E-state index in [9.17, 15) is 19.5 Å². The lowest BCUT2D eigenvalue weighted by Crippen LogP contribution is -2.61. The predicted octanol–water partition coefficient (Wildman–Crippen LogP) is 0.531. The number of aliphatic hydroxyl groups is 1. The number of piperidine rings is 1. The van der Waals surface area contributed by atoms with Crippen molar-refractivity contribution < 1.29 is 29.0 Å². The summed E-state index contributed by atoms with van der Waals surface area (Å²) < 4.78 is 11.0. The van der Waals surface area contributed by atoms with Crippen LogP contribution in [0.3, 0.4) is 0 Å². The average molecular weight is 532 g/mol. The predicted molar refractivity (Wildman–Crippen MR) is 147 cm³/mol. The minimum atomic E-state index is -1.67. The van der Waals surface area contributed by atoms with Gasteiger partial charge < -0.3 is 29.2 Å². The molecule has 0 saturated carbocycles. The molecule has 5 heterocycles. The molecule has 4 aliphatic heterocycles. The Morgan fingerprint density at radius 3 is 2.72 bits per heavy atom. The molecule has 4 aliphatic rings. The number of hydrogen-bond acceptors (Lipinski definition) is 8. The molecular weight excluding hydrogens is 498 g/mol. The number of pyridine rings is 1. The molecule has 1 aromatic heterocycles. The zero-order valence-corrected chi connectivity index (χ0v) is 22.8. The molecule has 12 heteroatoms. The molecule has 2 amide bonds. The van der Waals surface area contributed by atoms with Crippen LogP contribution in [0.4, 0.5) is 4.79 Å². The highest BCUT2D eigenvalue weighted by atomic mass is 16.6. The summed E-state index contributed by atoms with van der Waals surface area (Å²) in [7, 11) is 3.09. The van der Waals surface area contributed by atoms with E-state index in [0.717, 1.165) is 54.5 Å². The topological polar surface area (TPSA) is 113 Å². The normalized spacial score (nSPS) is 28.5. The fraction of sp³-hybridized carbons (Fsp3) is 0.556. The lowest BCUT2D eigenvalue weighted by Gasteiger charge is -2.48. The highest BCUT2D eigenvalue weighted by Gasteiger charge is 2.59. The maximum Gasteiger partial charge on any atom is 0.415 e. The third kappa shape index (κ3) is 4.10. The van der Waals surface area contributed by atoms with Gasteiger partial charge in [0, 0.05) is 44.0 Å². The lowest BCUT2D eigenvalue weighted by molar-refractivity contribution is -0.202. The van der Waals surface area contributed by atoms with E-state index >= 15 is 0 Å². The van der Waals surface area contributed by atoms with Gasteiger partial charge in [-0.2, -0.15) is 0 Å². The Hall–Kier alpha value is -3.11. The Balaban J connectivity index is 1.30. The second-order valence-corrected chi connectivity index (χ2v) is 11.1. The summed E-state index contributed by atoms with van der Waals surface area (Å²) in [6.07, 6.45) is 1.04. The van der Waals surface area contributed by atoms with Crippen LogP contribution in [-0.4, -0.2) is 96.1 Å². The number of cyclic esters (lactones) is 1. The molecule has 39 heavy (non-hydrogen) atoms. The summed E-state index contributed by atoms with van der Waals surface area (Å²) in [6.45, 7) is 7.22. The van der Waals surface area contributed by atoms with Crippen molar-refractivity contribution in [1.29, 1.82) is 0 Å². The van der Waals surface area contributed by atoms with Crippen molar-refractivity contribution in [2.24, 2.45) is 11.8 Å². The number of amides is 2. The Morgan fingerprint density at radius 2 is 2.03 bits per heavy atom. The summed E-state index contributed by atoms with van der Waals surface area (Å²) in [4.78, 5) is 49.8. The van der Waals surface area contributed by atoms with Crippen LogP contribution in [0.2, 0.25) is 0 Å². The molecule has 10 nitrogen and oxygen atoms in total. The van der Waals surface area contributed by atoms with Crippen LogP contribution < -0.4 is 4.74 Å². The van der Waals surface area contributed by atoms with Gasteiger partial charge in [-0.25, -0.2) is 9.59 Å². The number of ether oxygens (including phenoxy) is 2. The van der Waals surface area contributed by atoms with Crippen molar-refractivity contribution >= 4 is 43.9 Å². The second kappa shape index (κ2) is 9.82. The first kappa shape index (κ1) is 26.1. The van der Waals surface area contributed by atoms with Crippen molar-refractivity contribution in [3.63, 3.8) is 0 Å². The summed E-state index contributed by atoms with van der Waals surface area (Å²) in [6, 6.07) is 5.21. The van der Waals surface area contributed by atoms with Crippen molar-refractivity contribution in [1.82, 2.24) is 19.6 Å². The molecule has 0 spiro atoms. The quantitative estimate of drug-likeness (QED) is 0.449. The maximum atomic E-state index is 13.6. The van der Waals surface area contributed by atoms with Crippen LogP contribution in [-0.2, 0) is 27.3 Å². The number of rotatable bonds is 4. The van der Waals surface area contributed by atoms with Gasteiger partial charge in [0.15, 0.2) is 12.9 Å². The molecule has 0 bridgehead atoms. The van der Waals surface area contributed by atoms with E-state index in [-0.39, 0.29) is 31.1 Å². The highest BCUT2D eigenvalue weighted by molar-refractivity contribution is 6.87. The molecule has 0 aliphatic carbocycles. The van der Waals surface area contributed by atoms with Crippen LogP contribution in [0.15, 0.2) is 18.2 Å². The standard InChI is InChI=1S/C27H34B2N4O6/c1-3-16-17-11-15(39-26(36)31-7-9-32(29-28)10-8-31)5-6-21(17)30-23-18(16)13-33-22(23)12-20-19(24(33)34)14-38-25(35)27(20,37)4-2/h5-6,11,19-20,22,29,37H,3-4,7-10,12-14,28H2,1-2H3. The molecule has 6 rings (SSSR count). The first-order valence-corrected chi connectivity index (χ1v) is 14.1. The number of hydrogen-bond donors (Lipinski definition) is 1. The third-order valence-corrected chi connectivity index (χ3v) is 9.33. The highest BCUT2D eigenvalue weighted by Crippen LogP contribution is 2.51. The van der Waals surface area contributed by atoms with Crippen LogP contribution in [0.25, 0.3) is 10.9 Å². The summed E-state index contributed by atoms with van der Waals surface area (Å²) in [5.74, 6) is -1.32. The lowest BCUT2D eigenvalue weighted by atomic mass is 9.65. The Labute approximate surface area is 229 Å². The Morgan fingerprint density at radius 1 is 1.26 bits per heavy atom. The zero-order valence-electron chi connectivity index (χ0n) is 22.8. The number of fused-ring (bicyclic) bond motifs is 5. The number of nitrogens with zero attached hydrogens (tertiary/aromatic N) is 4. The van der Waals surface area contributed by atoms with E-state index in [1.54, 1.807) is 17.9 Å². The van der Waals surface area contributed by atoms with Crippen LogP contribution in [0, 0.1) is 11.8 Å². The minimum absolute atomic E-state index is 0.00245. The number of aromatic nitrogens is 1. The van der Waals surface area contributed by atoms with Gasteiger partial charge in [0.25, 0.3) is 0 Å². The van der Waals surface area contributed by atoms with E-state index < -0.39 is 23.4 Å². The maximum absolute atomic E-state index is 13.6. The summed E-state index contributed by atoms with van der Waals surface area (Å²) in [5, 5.41) is 12.1. The monoisotopic (exact) mass is 532 g/mol. The largest absolute Gasteiger partial charge is 0.463 e. The van der Waals surface area contributed by atoms with Gasteiger partial charge in [0.05, 0.1) is 30.9 Å². The molecule has 2 aromatic rings. The molecule has 1 N–H and O–H groups in total. The van der Waals surface area contributed by atoms with E-state index in [2.05, 4.69) is 19.5 Å². The fourth-order valence-electron chi connectivity index (χ4n) is 6.95. The Kier molecular flexibility index (Phi) is 6.58. The van der Waals surface area contributed by atoms with Crippen molar-refractivity contribution in [3.05, 3.63) is 35.0 Å². The van der Waals surface area contributed by atoms with Gasteiger partial charge in [0.1, 0.15) is 12.4 Å². The fourth-order valence-corrected chi connectivity index (χ4v) is 6.95. The van der Waals surface area contributed by atoms with Gasteiger partial charge >= 0.3 is 12.1 Å². The number of piperazine rings is 1. The van der Waals surface area contributed by atoms with Gasteiger partial charge in [-0.3, -0.25) is 9.78 Å². The average Bonchev–Trinajstić information content (AvgIpc) is 3.32. The van der Waals surface area contributed by atoms with Crippen LogP contribution >= 0.6 is 0 Å². The number of carbonyl (C=O) groups is 3. The third-order valence-electron chi connectivity index (χ3n) is 9.33. The summed E-state index contributed by atoms with van der Waals surface area (Å²) in [5.41, 5.74) is 2.02. The first-order valence-electron chi connectivity index (χ1n) is 14.1. The summed E-state index contributed by atoms with van der Waals surface area (Å²) >= 11 is 0. The van der Waals surface area contributed by atoms with Gasteiger partial charge in [-0.1, -0.05) is 13.8 Å². The van der Waals surface area contributed by atoms with E-state index in [1.807, 2.05) is 17.0 Å². The van der Waals surface area contributed by atoms with Gasteiger partial charge in [0.2, 0.25) is 5.91 Å². The number of esters is 1. The zero-order chi connectivity index (χ0) is 27.5.